The van der Waals surface area contributed by atoms with Gasteiger partial charge in [0, 0.05) is 38.0 Å². The van der Waals surface area contributed by atoms with Gasteiger partial charge in [0.15, 0.2) is 0 Å². The molecule has 0 aliphatic carbocycles. The molecule has 0 unspecified atom stereocenters. The zero-order chi connectivity index (χ0) is 18.1. The molecule has 1 saturated heterocycles. The summed E-state index contributed by atoms with van der Waals surface area (Å²) in [5.41, 5.74) is 2.33. The van der Waals surface area contributed by atoms with Gasteiger partial charge in [0.2, 0.25) is 0 Å². The molecular formula is C19H35N3O3. The third-order valence-electron chi connectivity index (χ3n) is 5.00. The second kappa shape index (κ2) is 10.9. The lowest BCUT2D eigenvalue weighted by Crippen LogP contribution is -2.35. The number of aliphatic hydroxyl groups excluding tert-OH is 2. The molecule has 25 heavy (non-hydrogen) atoms. The summed E-state index contributed by atoms with van der Waals surface area (Å²) in [5.74, 6) is 0. The van der Waals surface area contributed by atoms with E-state index in [0.29, 0.717) is 13.0 Å². The van der Waals surface area contributed by atoms with Crippen LogP contribution in [0, 0.1) is 6.92 Å². The average molecular weight is 354 g/mol. The Morgan fingerprint density at radius 2 is 1.88 bits per heavy atom. The van der Waals surface area contributed by atoms with E-state index in [1.165, 1.54) is 31.2 Å². The quantitative estimate of drug-likeness (QED) is 0.871. The van der Waals surface area contributed by atoms with Crippen LogP contribution in [0.4, 0.5) is 0 Å². The van der Waals surface area contributed by atoms with Crippen LogP contribution in [-0.4, -0.2) is 63.4 Å². The van der Waals surface area contributed by atoms with Gasteiger partial charge < -0.3 is 14.9 Å². The summed E-state index contributed by atoms with van der Waals surface area (Å²) in [6, 6.07) is 0. The molecule has 6 nitrogen and oxygen atoms in total. The van der Waals surface area contributed by atoms with Crippen molar-refractivity contribution in [3.05, 3.63) is 17.5 Å². The Bertz CT molecular complexity index is 492. The van der Waals surface area contributed by atoms with Gasteiger partial charge in [-0.2, -0.15) is 5.10 Å². The normalized spacial score (nSPS) is 25.6. The van der Waals surface area contributed by atoms with Crippen molar-refractivity contribution in [3.8, 4) is 0 Å². The Morgan fingerprint density at radius 1 is 1.12 bits per heavy atom. The number of ether oxygens (including phenoxy) is 1. The highest BCUT2D eigenvalue weighted by molar-refractivity contribution is 5.15. The number of aryl methyl sites for hydroxylation is 2. The summed E-state index contributed by atoms with van der Waals surface area (Å²) in [6.45, 7) is 8.58. The van der Waals surface area contributed by atoms with Crippen LogP contribution in [0.3, 0.4) is 0 Å². The highest BCUT2D eigenvalue weighted by Gasteiger charge is 2.19. The van der Waals surface area contributed by atoms with Crippen molar-refractivity contribution in [1.82, 2.24) is 14.7 Å². The van der Waals surface area contributed by atoms with E-state index in [2.05, 4.69) is 30.0 Å². The van der Waals surface area contributed by atoms with Crippen molar-refractivity contribution in [2.24, 2.45) is 0 Å². The number of hydrogen-bond donors (Lipinski definition) is 2. The maximum absolute atomic E-state index is 10.2. The van der Waals surface area contributed by atoms with Gasteiger partial charge in [0.25, 0.3) is 0 Å². The van der Waals surface area contributed by atoms with Crippen LogP contribution in [-0.2, 0) is 17.8 Å². The van der Waals surface area contributed by atoms with E-state index in [4.69, 9.17) is 4.74 Å². The van der Waals surface area contributed by atoms with Crippen LogP contribution in [0.2, 0.25) is 0 Å². The van der Waals surface area contributed by atoms with E-state index >= 15 is 0 Å². The minimum absolute atomic E-state index is 0.226. The van der Waals surface area contributed by atoms with Crippen molar-refractivity contribution in [2.45, 2.75) is 77.7 Å². The number of rotatable bonds is 3. The van der Waals surface area contributed by atoms with E-state index < -0.39 is 12.2 Å². The molecule has 1 aliphatic rings. The van der Waals surface area contributed by atoms with E-state index in [1.807, 2.05) is 4.68 Å². The van der Waals surface area contributed by atoms with Gasteiger partial charge in [-0.25, -0.2) is 0 Å². The molecule has 0 saturated carbocycles. The highest BCUT2D eigenvalue weighted by atomic mass is 16.5. The molecule has 0 amide bonds. The Kier molecular flexibility index (Phi) is 8.89. The lowest BCUT2D eigenvalue weighted by Gasteiger charge is -2.25. The van der Waals surface area contributed by atoms with Crippen molar-refractivity contribution in [1.29, 1.82) is 0 Å². The van der Waals surface area contributed by atoms with E-state index in [9.17, 15) is 10.2 Å². The topological polar surface area (TPSA) is 70.8 Å². The number of hydrogen-bond acceptors (Lipinski definition) is 5. The smallest absolute Gasteiger partial charge is 0.103 e. The second-order valence-corrected chi connectivity index (χ2v) is 7.14. The van der Waals surface area contributed by atoms with Gasteiger partial charge in [-0.15, -0.1) is 0 Å². The van der Waals surface area contributed by atoms with Gasteiger partial charge in [0.05, 0.1) is 18.4 Å². The van der Waals surface area contributed by atoms with Crippen LogP contribution >= 0.6 is 0 Å². The van der Waals surface area contributed by atoms with Crippen LogP contribution in [0.15, 0.2) is 6.20 Å². The molecule has 1 fully saturated rings. The maximum atomic E-state index is 10.2. The average Bonchev–Trinajstić information content (AvgIpc) is 2.96. The zero-order valence-electron chi connectivity index (χ0n) is 15.9. The predicted molar refractivity (Wildman–Crippen MR) is 98.4 cm³/mol. The fourth-order valence-corrected chi connectivity index (χ4v) is 3.28. The summed E-state index contributed by atoms with van der Waals surface area (Å²) < 4.78 is 7.46. The monoisotopic (exact) mass is 353 g/mol. The molecule has 0 spiro atoms. The van der Waals surface area contributed by atoms with Crippen molar-refractivity contribution < 1.29 is 14.9 Å². The van der Waals surface area contributed by atoms with Gasteiger partial charge in [-0.3, -0.25) is 9.58 Å². The minimum Gasteiger partial charge on any atom is -0.390 e. The van der Waals surface area contributed by atoms with Gasteiger partial charge in [-0.05, 0) is 39.7 Å². The first kappa shape index (κ1) is 20.4. The largest absolute Gasteiger partial charge is 0.390 e. The molecule has 2 rings (SSSR count). The molecule has 144 valence electrons. The number of aliphatic hydroxyl groups is 2. The van der Waals surface area contributed by atoms with Gasteiger partial charge in [-0.1, -0.05) is 19.3 Å². The summed E-state index contributed by atoms with van der Waals surface area (Å²) in [5, 5.41) is 24.8. The first-order chi connectivity index (χ1) is 12.1. The lowest BCUT2D eigenvalue weighted by atomic mass is 10.1. The third kappa shape index (κ3) is 7.05. The standard InChI is InChI=1S/C19H35N3O3/c1-3-22-14-17(16(2)20-22)13-21-10-7-5-4-6-8-12-25-15-19(24)18(23)9-11-21/h14,18-19,23-24H,3-13,15H2,1-2H3/t18-,19+/m0/s1. The predicted octanol–water partition coefficient (Wildman–Crippen LogP) is 2.11. The molecule has 0 bridgehead atoms. The van der Waals surface area contributed by atoms with E-state index in [-0.39, 0.29) is 6.61 Å². The molecule has 2 atom stereocenters. The van der Waals surface area contributed by atoms with Crippen LogP contribution in [0.5, 0.6) is 0 Å². The van der Waals surface area contributed by atoms with E-state index in [0.717, 1.165) is 38.3 Å². The van der Waals surface area contributed by atoms with Crippen molar-refractivity contribution >= 4 is 0 Å². The lowest BCUT2D eigenvalue weighted by molar-refractivity contribution is -0.0443. The van der Waals surface area contributed by atoms with Crippen LogP contribution < -0.4 is 0 Å². The molecule has 2 heterocycles. The summed E-state index contributed by atoms with van der Waals surface area (Å²) in [6.07, 6.45) is 6.98. The number of nitrogens with zero attached hydrogens (tertiary/aromatic N) is 3. The molecule has 0 radical (unpaired) electrons. The maximum Gasteiger partial charge on any atom is 0.103 e. The summed E-state index contributed by atoms with van der Waals surface area (Å²) >= 11 is 0. The Hall–Kier alpha value is -0.950. The Morgan fingerprint density at radius 3 is 2.64 bits per heavy atom. The number of aromatic nitrogens is 2. The fraction of sp³-hybridized carbons (Fsp3) is 0.842. The third-order valence-corrected chi connectivity index (χ3v) is 5.00. The van der Waals surface area contributed by atoms with Gasteiger partial charge >= 0.3 is 0 Å². The Labute approximate surface area is 151 Å². The minimum atomic E-state index is -0.797. The molecular weight excluding hydrogens is 318 g/mol. The van der Waals surface area contributed by atoms with Crippen molar-refractivity contribution in [2.75, 3.05) is 26.3 Å². The first-order valence-electron chi connectivity index (χ1n) is 9.79. The first-order valence-corrected chi connectivity index (χ1v) is 9.79. The van der Waals surface area contributed by atoms with Crippen molar-refractivity contribution in [3.63, 3.8) is 0 Å². The molecule has 0 aromatic carbocycles. The summed E-state index contributed by atoms with van der Waals surface area (Å²) in [7, 11) is 0. The SMILES string of the molecule is CCn1cc(CN2CCCCCCCOC[C@@H](O)[C@@H](O)CC2)c(C)n1. The van der Waals surface area contributed by atoms with Crippen LogP contribution in [0.1, 0.15) is 56.7 Å². The van der Waals surface area contributed by atoms with Gasteiger partial charge in [0.1, 0.15) is 6.10 Å². The fourth-order valence-electron chi connectivity index (χ4n) is 3.28. The van der Waals surface area contributed by atoms with E-state index in [1.54, 1.807) is 0 Å². The molecule has 1 aromatic heterocycles. The molecule has 1 aliphatic heterocycles. The molecule has 1 aromatic rings. The van der Waals surface area contributed by atoms with Crippen LogP contribution in [0.25, 0.3) is 0 Å². The highest BCUT2D eigenvalue weighted by Crippen LogP contribution is 2.14. The Balaban J connectivity index is 1.95. The zero-order valence-corrected chi connectivity index (χ0v) is 15.9. The molecule has 6 heteroatoms. The molecule has 2 N–H and O–H groups in total. The summed E-state index contributed by atoms with van der Waals surface area (Å²) in [4.78, 5) is 2.38. The second-order valence-electron chi connectivity index (χ2n) is 7.14.